The summed E-state index contributed by atoms with van der Waals surface area (Å²) in [6, 6.07) is 24.3. The van der Waals surface area contributed by atoms with Gasteiger partial charge in [0.15, 0.2) is 0 Å². The molecule has 0 radical (unpaired) electrons. The van der Waals surface area contributed by atoms with Crippen LogP contribution in [0.2, 0.25) is 0 Å². The quantitative estimate of drug-likeness (QED) is 0.478. The van der Waals surface area contributed by atoms with Crippen molar-refractivity contribution in [3.8, 4) is 0 Å². The minimum absolute atomic E-state index is 0.979. The van der Waals surface area contributed by atoms with E-state index in [4.69, 9.17) is 0 Å². The molecule has 0 bridgehead atoms. The minimum atomic E-state index is 0.979. The van der Waals surface area contributed by atoms with E-state index >= 15 is 0 Å². The molecular weight excluding hydrogens is 320 g/mol. The Kier molecular flexibility index (Phi) is 5.78. The lowest BCUT2D eigenvalue weighted by Gasteiger charge is -2.02. The van der Waals surface area contributed by atoms with E-state index in [9.17, 15) is 0 Å². The molecule has 0 atom stereocenters. The number of aryl methyl sites for hydroxylation is 2. The number of benzene rings is 3. The summed E-state index contributed by atoms with van der Waals surface area (Å²) in [5, 5.41) is 8.54. The lowest BCUT2D eigenvalue weighted by atomic mass is 10.2. The molecule has 3 aromatic rings. The first-order valence-corrected chi connectivity index (χ1v) is 8.51. The molecule has 3 rings (SSSR count). The van der Waals surface area contributed by atoms with Crippen LogP contribution in [0.4, 0.5) is 11.4 Å². The van der Waals surface area contributed by atoms with Gasteiger partial charge in [-0.3, -0.25) is 10.9 Å². The highest BCUT2D eigenvalue weighted by atomic mass is 15.3. The van der Waals surface area contributed by atoms with Crippen molar-refractivity contribution in [2.75, 3.05) is 10.9 Å². The van der Waals surface area contributed by atoms with E-state index in [1.165, 1.54) is 11.1 Å². The second kappa shape index (κ2) is 8.62. The van der Waals surface area contributed by atoms with Crippen molar-refractivity contribution in [1.29, 1.82) is 0 Å². The van der Waals surface area contributed by atoms with Crippen LogP contribution in [0.3, 0.4) is 0 Å². The third-order valence-corrected chi connectivity index (χ3v) is 3.79. The standard InChI is InChI=1S/C22H22N4/c1-17-5-3-7-21(13-17)25-23-15-19-9-11-20(12-10-19)16-24-26-22-8-4-6-18(2)14-22/h3-16,25-26H,1-2H3/b23-15-,24-16-. The van der Waals surface area contributed by atoms with Crippen molar-refractivity contribution < 1.29 is 0 Å². The molecule has 2 N–H and O–H groups in total. The van der Waals surface area contributed by atoms with Gasteiger partial charge in [-0.05, 0) is 60.4 Å². The van der Waals surface area contributed by atoms with Crippen molar-refractivity contribution in [3.63, 3.8) is 0 Å². The minimum Gasteiger partial charge on any atom is -0.278 e. The fourth-order valence-corrected chi connectivity index (χ4v) is 2.46. The van der Waals surface area contributed by atoms with Gasteiger partial charge in [0.2, 0.25) is 0 Å². The van der Waals surface area contributed by atoms with Gasteiger partial charge in [-0.15, -0.1) is 0 Å². The van der Waals surface area contributed by atoms with Gasteiger partial charge < -0.3 is 0 Å². The molecule has 0 saturated carbocycles. The predicted octanol–water partition coefficient (Wildman–Crippen LogP) is 5.20. The Morgan fingerprint density at radius 1 is 0.615 bits per heavy atom. The van der Waals surface area contributed by atoms with Crippen LogP contribution in [0.25, 0.3) is 0 Å². The molecule has 4 heteroatoms. The molecule has 0 unspecified atom stereocenters. The highest BCUT2D eigenvalue weighted by Gasteiger charge is 1.93. The molecule has 4 nitrogen and oxygen atoms in total. The second-order valence-corrected chi connectivity index (χ2v) is 6.15. The first-order chi connectivity index (χ1) is 12.7. The molecule has 130 valence electrons. The van der Waals surface area contributed by atoms with E-state index in [1.807, 2.05) is 48.5 Å². The van der Waals surface area contributed by atoms with Gasteiger partial charge in [0.25, 0.3) is 0 Å². The van der Waals surface area contributed by atoms with Gasteiger partial charge in [-0.2, -0.15) is 10.2 Å². The van der Waals surface area contributed by atoms with Crippen LogP contribution in [-0.4, -0.2) is 12.4 Å². The molecule has 0 fully saturated rings. The Morgan fingerprint density at radius 3 is 1.42 bits per heavy atom. The van der Waals surface area contributed by atoms with E-state index in [-0.39, 0.29) is 0 Å². The Hall–Kier alpha value is -3.40. The summed E-state index contributed by atoms with van der Waals surface area (Å²) in [6.07, 6.45) is 3.60. The van der Waals surface area contributed by atoms with Gasteiger partial charge in [0.1, 0.15) is 0 Å². The summed E-state index contributed by atoms with van der Waals surface area (Å²) >= 11 is 0. The van der Waals surface area contributed by atoms with E-state index in [0.717, 1.165) is 22.5 Å². The zero-order valence-electron chi connectivity index (χ0n) is 15.0. The number of hydrogen-bond acceptors (Lipinski definition) is 4. The lowest BCUT2D eigenvalue weighted by molar-refractivity contribution is 1.33. The first kappa shape index (κ1) is 17.4. The summed E-state index contributed by atoms with van der Waals surface area (Å²) in [5.74, 6) is 0. The molecule has 0 aliphatic rings. The average molecular weight is 342 g/mol. The Morgan fingerprint density at radius 2 is 1.04 bits per heavy atom. The number of nitrogens with zero attached hydrogens (tertiary/aromatic N) is 2. The summed E-state index contributed by atoms with van der Waals surface area (Å²) in [6.45, 7) is 4.12. The first-order valence-electron chi connectivity index (χ1n) is 8.51. The molecule has 0 aromatic heterocycles. The maximum atomic E-state index is 4.27. The summed E-state index contributed by atoms with van der Waals surface area (Å²) in [7, 11) is 0. The third kappa shape index (κ3) is 5.31. The zero-order valence-corrected chi connectivity index (χ0v) is 15.0. The Bertz CT molecular complexity index is 835. The zero-order chi connectivity index (χ0) is 18.2. The summed E-state index contributed by atoms with van der Waals surface area (Å²) in [4.78, 5) is 0. The molecule has 0 spiro atoms. The molecule has 26 heavy (non-hydrogen) atoms. The Labute approximate surface area is 154 Å². The van der Waals surface area contributed by atoms with Gasteiger partial charge in [-0.25, -0.2) is 0 Å². The van der Waals surface area contributed by atoms with Crippen LogP contribution < -0.4 is 10.9 Å². The molecule has 3 aromatic carbocycles. The van der Waals surface area contributed by atoms with Crippen LogP contribution in [0.1, 0.15) is 22.3 Å². The number of hydrazone groups is 2. The highest BCUT2D eigenvalue weighted by molar-refractivity contribution is 5.84. The molecule has 0 amide bonds. The maximum Gasteiger partial charge on any atom is 0.0564 e. The average Bonchev–Trinajstić information content (AvgIpc) is 2.63. The SMILES string of the molecule is Cc1cccc(N/N=C\c2ccc(/C=N\Nc3cccc(C)c3)cc2)c1. The topological polar surface area (TPSA) is 48.8 Å². The lowest BCUT2D eigenvalue weighted by Crippen LogP contribution is -1.93. The number of rotatable bonds is 6. The fraction of sp³-hybridized carbons (Fsp3) is 0.0909. The molecule has 0 heterocycles. The fourth-order valence-electron chi connectivity index (χ4n) is 2.46. The highest BCUT2D eigenvalue weighted by Crippen LogP contribution is 2.10. The number of nitrogens with one attached hydrogen (secondary N) is 2. The van der Waals surface area contributed by atoms with Gasteiger partial charge in [0, 0.05) is 0 Å². The summed E-state index contributed by atoms with van der Waals surface area (Å²) < 4.78 is 0. The van der Waals surface area contributed by atoms with Crippen molar-refractivity contribution in [2.45, 2.75) is 13.8 Å². The van der Waals surface area contributed by atoms with Crippen LogP contribution >= 0.6 is 0 Å². The largest absolute Gasteiger partial charge is 0.278 e. The van der Waals surface area contributed by atoms with Crippen LogP contribution in [0.15, 0.2) is 83.0 Å². The maximum absolute atomic E-state index is 4.27. The molecular formula is C22H22N4. The Balaban J connectivity index is 1.54. The van der Waals surface area contributed by atoms with E-state index < -0.39 is 0 Å². The monoisotopic (exact) mass is 342 g/mol. The van der Waals surface area contributed by atoms with Crippen molar-refractivity contribution in [3.05, 3.63) is 95.1 Å². The van der Waals surface area contributed by atoms with Gasteiger partial charge in [0.05, 0.1) is 23.8 Å². The van der Waals surface area contributed by atoms with Crippen molar-refractivity contribution in [2.24, 2.45) is 10.2 Å². The van der Waals surface area contributed by atoms with Gasteiger partial charge >= 0.3 is 0 Å². The smallest absolute Gasteiger partial charge is 0.0564 e. The third-order valence-electron chi connectivity index (χ3n) is 3.79. The van der Waals surface area contributed by atoms with E-state index in [1.54, 1.807) is 12.4 Å². The predicted molar refractivity (Wildman–Crippen MR) is 111 cm³/mol. The van der Waals surface area contributed by atoms with Crippen molar-refractivity contribution in [1.82, 2.24) is 0 Å². The van der Waals surface area contributed by atoms with E-state index in [2.05, 4.69) is 59.2 Å². The molecule has 0 aliphatic carbocycles. The molecule has 0 aliphatic heterocycles. The van der Waals surface area contributed by atoms with Crippen LogP contribution in [0, 0.1) is 13.8 Å². The number of anilines is 2. The molecule has 0 saturated heterocycles. The van der Waals surface area contributed by atoms with Crippen LogP contribution in [-0.2, 0) is 0 Å². The van der Waals surface area contributed by atoms with Crippen molar-refractivity contribution >= 4 is 23.8 Å². The second-order valence-electron chi connectivity index (χ2n) is 6.15. The van der Waals surface area contributed by atoms with Gasteiger partial charge in [-0.1, -0.05) is 48.5 Å². The number of hydrogen-bond donors (Lipinski definition) is 2. The summed E-state index contributed by atoms with van der Waals surface area (Å²) in [5.41, 5.74) is 12.5. The van der Waals surface area contributed by atoms with E-state index in [0.29, 0.717) is 0 Å². The van der Waals surface area contributed by atoms with Crippen LogP contribution in [0.5, 0.6) is 0 Å². The normalized spacial score (nSPS) is 11.2.